The van der Waals surface area contributed by atoms with Crippen molar-refractivity contribution in [2.45, 2.75) is 24.8 Å². The van der Waals surface area contributed by atoms with Gasteiger partial charge in [0.2, 0.25) is 10.0 Å². The fourth-order valence-electron chi connectivity index (χ4n) is 3.25. The van der Waals surface area contributed by atoms with Crippen molar-refractivity contribution in [3.05, 3.63) is 40.3 Å². The molecule has 158 valence electrons. The lowest BCUT2D eigenvalue weighted by atomic mass is 10.1. The first-order chi connectivity index (χ1) is 14.2. The molecule has 1 aromatic carbocycles. The van der Waals surface area contributed by atoms with Gasteiger partial charge in [0.25, 0.3) is 5.56 Å². The summed E-state index contributed by atoms with van der Waals surface area (Å²) in [6, 6.07) is 4.37. The number of aromatic amines is 2. The first-order valence-corrected chi connectivity index (χ1v) is 10.7. The molecule has 0 atom stereocenters. The second kappa shape index (κ2) is 8.31. The Labute approximate surface area is 173 Å². The lowest BCUT2D eigenvalue weighted by molar-refractivity contribution is 0.0699. The molecule has 9 nitrogen and oxygen atoms in total. The molecule has 3 rings (SSSR count). The van der Waals surface area contributed by atoms with Gasteiger partial charge in [-0.25, -0.2) is 13.2 Å². The Morgan fingerprint density at radius 2 is 2.10 bits per heavy atom. The number of terminal acetylenes is 1. The summed E-state index contributed by atoms with van der Waals surface area (Å²) in [5.74, 6) is 1.14. The van der Waals surface area contributed by atoms with Crippen LogP contribution in [-0.4, -0.2) is 59.4 Å². The summed E-state index contributed by atoms with van der Waals surface area (Å²) in [6.07, 6.45) is 6.58. The van der Waals surface area contributed by atoms with E-state index in [-0.39, 0.29) is 40.5 Å². The lowest BCUT2D eigenvalue weighted by Crippen LogP contribution is -2.38. The third kappa shape index (κ3) is 3.95. The first-order valence-electron chi connectivity index (χ1n) is 9.24. The first kappa shape index (κ1) is 21.6. The van der Waals surface area contributed by atoms with E-state index in [1.165, 1.54) is 28.7 Å². The second-order valence-electron chi connectivity index (χ2n) is 7.07. The Kier molecular flexibility index (Phi) is 5.98. The molecule has 0 saturated carbocycles. The van der Waals surface area contributed by atoms with E-state index in [0.29, 0.717) is 17.4 Å². The summed E-state index contributed by atoms with van der Waals surface area (Å²) in [4.78, 5) is 29.1. The summed E-state index contributed by atoms with van der Waals surface area (Å²) in [7, 11) is -3.95. The minimum absolute atomic E-state index is 0.0410. The second-order valence-corrected chi connectivity index (χ2v) is 9.01. The molecule has 0 spiro atoms. The smallest absolute Gasteiger partial charge is 0.337 e. The van der Waals surface area contributed by atoms with Crippen molar-refractivity contribution in [3.8, 4) is 12.3 Å². The van der Waals surface area contributed by atoms with E-state index in [1.54, 1.807) is 0 Å². The van der Waals surface area contributed by atoms with Crippen molar-refractivity contribution in [1.82, 2.24) is 19.6 Å². The van der Waals surface area contributed by atoms with Gasteiger partial charge in [0.1, 0.15) is 5.52 Å². The summed E-state index contributed by atoms with van der Waals surface area (Å²) in [5, 5.41) is 13.1. The number of rotatable bonds is 8. The molecular weight excluding hydrogens is 408 g/mol. The summed E-state index contributed by atoms with van der Waals surface area (Å²) >= 11 is 0. The Balaban J connectivity index is 2.15. The average Bonchev–Trinajstić information content (AvgIpc) is 3.13. The number of carboxylic acid groups (broad SMARTS) is 1. The number of carbonyl (C=O) groups is 1. The number of sulfonamides is 1. The molecule has 0 amide bonds. The van der Waals surface area contributed by atoms with Crippen LogP contribution >= 0.6 is 0 Å². The number of H-pyrrole nitrogens is 2. The van der Waals surface area contributed by atoms with Gasteiger partial charge in [-0.1, -0.05) is 19.8 Å². The predicted octanol–water partition coefficient (Wildman–Crippen LogP) is 1.33. The molecule has 30 heavy (non-hydrogen) atoms. The van der Waals surface area contributed by atoms with Gasteiger partial charge in [0.15, 0.2) is 0 Å². The number of hydrogen-bond acceptors (Lipinski definition) is 5. The van der Waals surface area contributed by atoms with Gasteiger partial charge in [-0.2, -0.15) is 4.31 Å². The van der Waals surface area contributed by atoms with Crippen molar-refractivity contribution in [2.75, 3.05) is 19.6 Å². The van der Waals surface area contributed by atoms with Gasteiger partial charge in [-0.05, 0) is 18.2 Å². The maximum absolute atomic E-state index is 13.2. The molecule has 0 bridgehead atoms. The van der Waals surface area contributed by atoms with Crippen LogP contribution in [0.2, 0.25) is 0 Å². The van der Waals surface area contributed by atoms with Gasteiger partial charge < -0.3 is 20.4 Å². The maximum Gasteiger partial charge on any atom is 0.337 e. The van der Waals surface area contributed by atoms with Crippen LogP contribution in [0.5, 0.6) is 0 Å². The van der Waals surface area contributed by atoms with Crippen molar-refractivity contribution >= 4 is 37.8 Å². The average molecular weight is 430 g/mol. The van der Waals surface area contributed by atoms with E-state index in [9.17, 15) is 23.1 Å². The molecule has 10 heteroatoms. The number of fused-ring (bicyclic) bond motifs is 3. The highest BCUT2D eigenvalue weighted by Gasteiger charge is 2.25. The zero-order valence-corrected chi connectivity index (χ0v) is 17.3. The Bertz CT molecular complexity index is 1310. The third-order valence-corrected chi connectivity index (χ3v) is 6.51. The quantitative estimate of drug-likeness (QED) is 0.398. The maximum atomic E-state index is 13.2. The third-order valence-electron chi connectivity index (χ3n) is 4.67. The Hall–Kier alpha value is -3.13. The SMILES string of the molecule is C#CCN(CCNC(C)C)S(=O)(=O)c1ccc2[nH]c(=O)c3[nH]cc(C(=O)O)c3c2c1. The molecule has 0 aliphatic heterocycles. The van der Waals surface area contributed by atoms with Crippen LogP contribution in [0.15, 0.2) is 34.1 Å². The van der Waals surface area contributed by atoms with Gasteiger partial charge in [0.05, 0.1) is 17.0 Å². The molecular formula is C20H22N4O5S. The highest BCUT2D eigenvalue weighted by molar-refractivity contribution is 7.89. The van der Waals surface area contributed by atoms with Gasteiger partial charge in [-0.3, -0.25) is 4.79 Å². The fourth-order valence-corrected chi connectivity index (χ4v) is 4.63. The van der Waals surface area contributed by atoms with Crippen molar-refractivity contribution in [2.24, 2.45) is 0 Å². The van der Waals surface area contributed by atoms with Gasteiger partial charge in [-0.15, -0.1) is 6.42 Å². The number of aromatic nitrogens is 2. The lowest BCUT2D eigenvalue weighted by Gasteiger charge is -2.21. The monoisotopic (exact) mass is 430 g/mol. The topological polar surface area (TPSA) is 135 Å². The minimum Gasteiger partial charge on any atom is -0.478 e. The van der Waals surface area contributed by atoms with E-state index in [1.807, 2.05) is 13.8 Å². The zero-order chi connectivity index (χ0) is 22.1. The predicted molar refractivity (Wildman–Crippen MR) is 114 cm³/mol. The van der Waals surface area contributed by atoms with E-state index in [4.69, 9.17) is 6.42 Å². The molecule has 0 fully saturated rings. The molecule has 0 radical (unpaired) electrons. The molecule has 2 heterocycles. The van der Waals surface area contributed by atoms with Crippen molar-refractivity contribution in [1.29, 1.82) is 0 Å². The molecule has 0 unspecified atom stereocenters. The number of aromatic carboxylic acids is 1. The summed E-state index contributed by atoms with van der Waals surface area (Å²) in [6.45, 7) is 4.39. The molecule has 0 aliphatic rings. The van der Waals surface area contributed by atoms with Crippen LogP contribution in [0.4, 0.5) is 0 Å². The number of pyridine rings is 1. The zero-order valence-electron chi connectivity index (χ0n) is 16.5. The highest BCUT2D eigenvalue weighted by Crippen LogP contribution is 2.28. The van der Waals surface area contributed by atoms with E-state index < -0.39 is 21.6 Å². The van der Waals surface area contributed by atoms with Crippen LogP contribution in [0, 0.1) is 12.3 Å². The van der Waals surface area contributed by atoms with Crippen LogP contribution in [0.25, 0.3) is 21.8 Å². The molecule has 4 N–H and O–H groups in total. The van der Waals surface area contributed by atoms with Crippen molar-refractivity contribution < 1.29 is 18.3 Å². The van der Waals surface area contributed by atoms with Crippen LogP contribution in [0.3, 0.4) is 0 Å². The van der Waals surface area contributed by atoms with Crippen LogP contribution in [-0.2, 0) is 10.0 Å². The van der Waals surface area contributed by atoms with E-state index >= 15 is 0 Å². The minimum atomic E-state index is -3.95. The van der Waals surface area contributed by atoms with Gasteiger partial charge in [0, 0.05) is 41.6 Å². The van der Waals surface area contributed by atoms with Crippen LogP contribution in [0.1, 0.15) is 24.2 Å². The number of nitrogens with zero attached hydrogens (tertiary/aromatic N) is 1. The number of benzene rings is 1. The molecule has 0 saturated heterocycles. The van der Waals surface area contributed by atoms with E-state index in [0.717, 1.165) is 0 Å². The Morgan fingerprint density at radius 3 is 2.73 bits per heavy atom. The molecule has 2 aromatic heterocycles. The Morgan fingerprint density at radius 1 is 1.37 bits per heavy atom. The number of hydrogen-bond donors (Lipinski definition) is 4. The fraction of sp³-hybridized carbons (Fsp3) is 0.300. The largest absolute Gasteiger partial charge is 0.478 e. The van der Waals surface area contributed by atoms with Crippen LogP contribution < -0.4 is 10.9 Å². The molecule has 0 aliphatic carbocycles. The normalized spacial score (nSPS) is 12.1. The summed E-state index contributed by atoms with van der Waals surface area (Å²) in [5.41, 5.74) is -0.207. The van der Waals surface area contributed by atoms with Crippen molar-refractivity contribution in [3.63, 3.8) is 0 Å². The molecule has 3 aromatic rings. The number of nitrogens with one attached hydrogen (secondary N) is 3. The standard InChI is InChI=1S/C20H22N4O5S/c1-4-8-24(9-7-21-12(2)3)30(28,29)13-5-6-16-14(10-13)17-15(20(26)27)11-22-18(17)19(25)23-16/h1,5-6,10-12,21-22H,7-9H2,2-3H3,(H,23,25)(H,26,27). The highest BCUT2D eigenvalue weighted by atomic mass is 32.2. The number of carboxylic acids is 1. The summed E-state index contributed by atoms with van der Waals surface area (Å²) < 4.78 is 27.6. The van der Waals surface area contributed by atoms with Gasteiger partial charge >= 0.3 is 5.97 Å². The van der Waals surface area contributed by atoms with E-state index in [2.05, 4.69) is 21.2 Å².